The smallest absolute Gasteiger partial charge is 0.307 e. The van der Waals surface area contributed by atoms with Gasteiger partial charge in [-0.1, -0.05) is 6.08 Å². The lowest BCUT2D eigenvalue weighted by molar-refractivity contribution is -0.141. The minimum atomic E-state index is -0.656. The molecule has 3 heteroatoms. The molecule has 0 radical (unpaired) electrons. The molecule has 12 heavy (non-hydrogen) atoms. The number of rotatable bonds is 4. The maximum atomic E-state index is 10.6. The molecule has 1 heterocycles. The van der Waals surface area contributed by atoms with E-state index in [0.29, 0.717) is 6.54 Å². The Labute approximate surface area is 72.7 Å². The van der Waals surface area contributed by atoms with Crippen LogP contribution >= 0.6 is 0 Å². The summed E-state index contributed by atoms with van der Waals surface area (Å²) < 4.78 is 0. The van der Waals surface area contributed by atoms with E-state index in [9.17, 15) is 4.79 Å². The predicted molar refractivity (Wildman–Crippen MR) is 47.0 cm³/mol. The van der Waals surface area contributed by atoms with Crippen LogP contribution in [0.15, 0.2) is 12.7 Å². The molecule has 68 valence electrons. The van der Waals surface area contributed by atoms with E-state index in [1.165, 1.54) is 0 Å². The highest BCUT2D eigenvalue weighted by Gasteiger charge is 2.26. The SMILES string of the molecule is C=CCCN1CCC(C(=O)O)C1. The van der Waals surface area contributed by atoms with Crippen molar-refractivity contribution in [2.24, 2.45) is 5.92 Å². The van der Waals surface area contributed by atoms with E-state index in [0.717, 1.165) is 25.9 Å². The van der Waals surface area contributed by atoms with E-state index in [-0.39, 0.29) is 5.92 Å². The van der Waals surface area contributed by atoms with E-state index in [4.69, 9.17) is 5.11 Å². The summed E-state index contributed by atoms with van der Waals surface area (Å²) in [6.45, 7) is 6.22. The van der Waals surface area contributed by atoms with Crippen LogP contribution in [0.25, 0.3) is 0 Å². The third-order valence-electron chi connectivity index (χ3n) is 2.27. The molecular formula is C9H15NO2. The van der Waals surface area contributed by atoms with Crippen molar-refractivity contribution in [3.05, 3.63) is 12.7 Å². The van der Waals surface area contributed by atoms with Gasteiger partial charge in [-0.05, 0) is 19.4 Å². The van der Waals surface area contributed by atoms with E-state index in [1.54, 1.807) is 0 Å². The summed E-state index contributed by atoms with van der Waals surface area (Å²) in [6.07, 6.45) is 3.62. The number of likely N-dealkylation sites (tertiary alicyclic amines) is 1. The molecule has 3 nitrogen and oxygen atoms in total. The third-order valence-corrected chi connectivity index (χ3v) is 2.27. The Kier molecular flexibility index (Phi) is 3.29. The molecule has 1 aliphatic heterocycles. The quantitative estimate of drug-likeness (QED) is 0.637. The molecule has 1 rings (SSSR count). The Hall–Kier alpha value is -0.830. The van der Waals surface area contributed by atoms with Gasteiger partial charge in [0.15, 0.2) is 0 Å². The predicted octanol–water partition coefficient (Wildman–Crippen LogP) is 0.969. The average Bonchev–Trinajstić information content (AvgIpc) is 2.48. The molecule has 0 amide bonds. The van der Waals surface area contributed by atoms with Gasteiger partial charge in [0.2, 0.25) is 0 Å². The number of carboxylic acid groups (broad SMARTS) is 1. The molecule has 0 aromatic heterocycles. The first-order valence-electron chi connectivity index (χ1n) is 4.30. The van der Waals surface area contributed by atoms with Gasteiger partial charge in [0.1, 0.15) is 0 Å². The molecule has 1 atom stereocenters. The number of carboxylic acids is 1. The lowest BCUT2D eigenvalue weighted by atomic mass is 10.1. The Morgan fingerprint density at radius 3 is 3.00 bits per heavy atom. The lowest BCUT2D eigenvalue weighted by Crippen LogP contribution is -2.23. The molecule has 1 fully saturated rings. The summed E-state index contributed by atoms with van der Waals surface area (Å²) in [5, 5.41) is 8.71. The number of aliphatic carboxylic acids is 1. The molecule has 1 unspecified atom stereocenters. The normalized spacial score (nSPS) is 24.2. The van der Waals surface area contributed by atoms with Crippen molar-refractivity contribution in [2.45, 2.75) is 12.8 Å². The summed E-state index contributed by atoms with van der Waals surface area (Å²) in [5.74, 6) is -0.800. The van der Waals surface area contributed by atoms with E-state index < -0.39 is 5.97 Å². The number of hydrogen-bond donors (Lipinski definition) is 1. The molecule has 0 aromatic rings. The first kappa shape index (κ1) is 9.26. The number of hydrogen-bond acceptors (Lipinski definition) is 2. The molecule has 1 N–H and O–H groups in total. The number of nitrogens with zero attached hydrogens (tertiary/aromatic N) is 1. The molecular weight excluding hydrogens is 154 g/mol. The van der Waals surface area contributed by atoms with Crippen LogP contribution in [-0.4, -0.2) is 35.6 Å². The van der Waals surface area contributed by atoms with Crippen LogP contribution in [0.3, 0.4) is 0 Å². The van der Waals surface area contributed by atoms with E-state index in [2.05, 4.69) is 11.5 Å². The van der Waals surface area contributed by atoms with Crippen LogP contribution in [-0.2, 0) is 4.79 Å². The maximum absolute atomic E-state index is 10.6. The van der Waals surface area contributed by atoms with Crippen LogP contribution < -0.4 is 0 Å². The van der Waals surface area contributed by atoms with E-state index in [1.807, 2.05) is 6.08 Å². The monoisotopic (exact) mass is 169 g/mol. The second kappa shape index (κ2) is 4.26. The van der Waals surface area contributed by atoms with E-state index >= 15 is 0 Å². The van der Waals surface area contributed by atoms with Crippen LogP contribution in [0.4, 0.5) is 0 Å². The second-order valence-corrected chi connectivity index (χ2v) is 3.20. The molecule has 0 bridgehead atoms. The van der Waals surface area contributed by atoms with Gasteiger partial charge < -0.3 is 10.0 Å². The van der Waals surface area contributed by atoms with Crippen LogP contribution in [0, 0.1) is 5.92 Å². The summed E-state index contributed by atoms with van der Waals surface area (Å²) in [6, 6.07) is 0. The van der Waals surface area contributed by atoms with Gasteiger partial charge >= 0.3 is 5.97 Å². The van der Waals surface area contributed by atoms with Gasteiger partial charge in [-0.3, -0.25) is 4.79 Å². The maximum Gasteiger partial charge on any atom is 0.307 e. The van der Waals surface area contributed by atoms with Gasteiger partial charge in [0.25, 0.3) is 0 Å². The summed E-state index contributed by atoms with van der Waals surface area (Å²) >= 11 is 0. The standard InChI is InChI=1S/C9H15NO2/c1-2-3-5-10-6-4-8(7-10)9(11)12/h2,8H,1,3-7H2,(H,11,12). The lowest BCUT2D eigenvalue weighted by Gasteiger charge is -2.12. The molecule has 0 aliphatic carbocycles. The fourth-order valence-electron chi connectivity index (χ4n) is 1.51. The van der Waals surface area contributed by atoms with Crippen molar-refractivity contribution in [3.63, 3.8) is 0 Å². The largest absolute Gasteiger partial charge is 0.481 e. The molecule has 0 aromatic carbocycles. The molecule has 0 spiro atoms. The van der Waals surface area contributed by atoms with Crippen LogP contribution in [0.2, 0.25) is 0 Å². The highest BCUT2D eigenvalue weighted by atomic mass is 16.4. The van der Waals surface area contributed by atoms with Crippen molar-refractivity contribution in [1.82, 2.24) is 4.90 Å². The first-order valence-corrected chi connectivity index (χ1v) is 4.30. The second-order valence-electron chi connectivity index (χ2n) is 3.20. The fourth-order valence-corrected chi connectivity index (χ4v) is 1.51. The Balaban J connectivity index is 2.25. The first-order chi connectivity index (χ1) is 5.74. The zero-order valence-electron chi connectivity index (χ0n) is 7.20. The zero-order valence-corrected chi connectivity index (χ0v) is 7.20. The van der Waals surface area contributed by atoms with Gasteiger partial charge in [-0.15, -0.1) is 6.58 Å². The average molecular weight is 169 g/mol. The number of carbonyl (C=O) groups is 1. The van der Waals surface area contributed by atoms with Crippen molar-refractivity contribution >= 4 is 5.97 Å². The molecule has 1 saturated heterocycles. The minimum Gasteiger partial charge on any atom is -0.481 e. The van der Waals surface area contributed by atoms with Crippen molar-refractivity contribution < 1.29 is 9.90 Å². The molecule has 1 aliphatic rings. The Bertz CT molecular complexity index is 179. The Morgan fingerprint density at radius 1 is 1.75 bits per heavy atom. The van der Waals surface area contributed by atoms with Crippen molar-refractivity contribution in [2.75, 3.05) is 19.6 Å². The van der Waals surface area contributed by atoms with Gasteiger partial charge in [0, 0.05) is 13.1 Å². The van der Waals surface area contributed by atoms with Crippen molar-refractivity contribution in [3.8, 4) is 0 Å². The fraction of sp³-hybridized carbons (Fsp3) is 0.667. The van der Waals surface area contributed by atoms with Crippen molar-refractivity contribution in [1.29, 1.82) is 0 Å². The highest BCUT2D eigenvalue weighted by Crippen LogP contribution is 2.15. The highest BCUT2D eigenvalue weighted by molar-refractivity contribution is 5.70. The summed E-state index contributed by atoms with van der Waals surface area (Å²) in [5.41, 5.74) is 0. The molecule has 0 saturated carbocycles. The topological polar surface area (TPSA) is 40.5 Å². The zero-order chi connectivity index (χ0) is 8.97. The van der Waals surface area contributed by atoms with Gasteiger partial charge in [0.05, 0.1) is 5.92 Å². The Morgan fingerprint density at radius 2 is 2.50 bits per heavy atom. The van der Waals surface area contributed by atoms with Crippen LogP contribution in [0.5, 0.6) is 0 Å². The summed E-state index contributed by atoms with van der Waals surface area (Å²) in [4.78, 5) is 12.8. The minimum absolute atomic E-state index is 0.144. The van der Waals surface area contributed by atoms with Gasteiger partial charge in [-0.25, -0.2) is 0 Å². The van der Waals surface area contributed by atoms with Crippen LogP contribution in [0.1, 0.15) is 12.8 Å². The summed E-state index contributed by atoms with van der Waals surface area (Å²) in [7, 11) is 0. The van der Waals surface area contributed by atoms with Gasteiger partial charge in [-0.2, -0.15) is 0 Å². The third kappa shape index (κ3) is 2.34.